The number of likely N-dealkylation sites (tertiary alicyclic amines) is 1. The molecule has 6 heteroatoms. The van der Waals surface area contributed by atoms with Gasteiger partial charge in [0.2, 0.25) is 5.91 Å². The van der Waals surface area contributed by atoms with Crippen LogP contribution in [0.25, 0.3) is 16.8 Å². The minimum atomic E-state index is 0.166. The number of aryl methyl sites for hydroxylation is 1. The van der Waals surface area contributed by atoms with Gasteiger partial charge in [-0.1, -0.05) is 24.3 Å². The van der Waals surface area contributed by atoms with Crippen LogP contribution >= 0.6 is 0 Å². The number of piperidine rings is 1. The van der Waals surface area contributed by atoms with Crippen molar-refractivity contribution in [2.45, 2.75) is 32.1 Å². The second-order valence-corrected chi connectivity index (χ2v) is 8.21. The number of hydrogen-bond donors (Lipinski definition) is 0. The van der Waals surface area contributed by atoms with Crippen LogP contribution in [0.1, 0.15) is 35.7 Å². The first kappa shape index (κ1) is 19.4. The van der Waals surface area contributed by atoms with Crippen molar-refractivity contribution < 1.29 is 4.79 Å². The van der Waals surface area contributed by atoms with Gasteiger partial charge < -0.3 is 4.90 Å². The molecule has 1 amide bonds. The molecule has 1 saturated heterocycles. The standard InChI is InChI=1S/C25H25N5O/c1-18-5-2-3-6-20(18)15-24(31)29-14-4-7-22(16-29)25-27-23-9-8-21(17-30(23)28-25)19-10-12-26-13-11-19/h2-3,5-6,8-13,17,22H,4,7,14-16H2,1H3. The molecule has 31 heavy (non-hydrogen) atoms. The monoisotopic (exact) mass is 411 g/mol. The second kappa shape index (κ2) is 8.30. The normalized spacial score (nSPS) is 16.5. The van der Waals surface area contributed by atoms with Gasteiger partial charge in [0.1, 0.15) is 0 Å². The molecule has 0 bridgehead atoms. The first-order valence-electron chi connectivity index (χ1n) is 10.8. The van der Waals surface area contributed by atoms with Crippen molar-refractivity contribution >= 4 is 11.6 Å². The highest BCUT2D eigenvalue weighted by Crippen LogP contribution is 2.26. The summed E-state index contributed by atoms with van der Waals surface area (Å²) in [6.45, 7) is 3.54. The molecule has 156 valence electrons. The van der Waals surface area contributed by atoms with Crippen LogP contribution in [0.2, 0.25) is 0 Å². The molecule has 6 nitrogen and oxygen atoms in total. The van der Waals surface area contributed by atoms with Crippen molar-refractivity contribution in [3.05, 3.63) is 84.1 Å². The minimum Gasteiger partial charge on any atom is -0.342 e. The number of amides is 1. The molecule has 1 atom stereocenters. The molecule has 0 radical (unpaired) electrons. The van der Waals surface area contributed by atoms with Crippen LogP contribution in [0, 0.1) is 6.92 Å². The number of rotatable bonds is 4. The summed E-state index contributed by atoms with van der Waals surface area (Å²) in [6.07, 6.45) is 8.01. The quantitative estimate of drug-likeness (QED) is 0.508. The molecule has 4 aromatic rings. The highest BCUT2D eigenvalue weighted by atomic mass is 16.2. The zero-order valence-electron chi connectivity index (χ0n) is 17.6. The first-order valence-corrected chi connectivity index (χ1v) is 10.8. The molecule has 3 aromatic heterocycles. The van der Waals surface area contributed by atoms with Gasteiger partial charge in [0.15, 0.2) is 11.5 Å². The van der Waals surface area contributed by atoms with Crippen molar-refractivity contribution in [2.75, 3.05) is 13.1 Å². The van der Waals surface area contributed by atoms with E-state index in [0.29, 0.717) is 13.0 Å². The van der Waals surface area contributed by atoms with Gasteiger partial charge in [0, 0.05) is 43.2 Å². The average molecular weight is 412 g/mol. The molecule has 1 aliphatic heterocycles. The topological polar surface area (TPSA) is 63.4 Å². The lowest BCUT2D eigenvalue weighted by atomic mass is 9.96. The van der Waals surface area contributed by atoms with E-state index in [2.05, 4.69) is 24.0 Å². The predicted octanol–water partition coefficient (Wildman–Crippen LogP) is 4.05. The van der Waals surface area contributed by atoms with E-state index < -0.39 is 0 Å². The third-order valence-electron chi connectivity index (χ3n) is 6.10. The van der Waals surface area contributed by atoms with E-state index in [1.54, 1.807) is 12.4 Å². The predicted molar refractivity (Wildman–Crippen MR) is 120 cm³/mol. The number of benzene rings is 1. The Kier molecular flexibility index (Phi) is 5.20. The van der Waals surface area contributed by atoms with Crippen LogP contribution in [0.3, 0.4) is 0 Å². The third kappa shape index (κ3) is 4.06. The molecule has 1 aromatic carbocycles. The van der Waals surface area contributed by atoms with Crippen LogP contribution in [0.4, 0.5) is 0 Å². The third-order valence-corrected chi connectivity index (χ3v) is 6.10. The molecule has 0 spiro atoms. The van der Waals surface area contributed by atoms with Gasteiger partial charge in [-0.15, -0.1) is 0 Å². The summed E-state index contributed by atoms with van der Waals surface area (Å²) >= 11 is 0. The SMILES string of the molecule is Cc1ccccc1CC(=O)N1CCCC(c2nc3ccc(-c4ccncc4)cn3n2)C1. The lowest BCUT2D eigenvalue weighted by Gasteiger charge is -2.31. The molecular weight excluding hydrogens is 386 g/mol. The molecule has 1 unspecified atom stereocenters. The fourth-order valence-corrected chi connectivity index (χ4v) is 4.29. The van der Waals surface area contributed by atoms with Gasteiger partial charge in [-0.3, -0.25) is 9.78 Å². The molecule has 1 aliphatic rings. The van der Waals surface area contributed by atoms with Crippen LogP contribution in [0.5, 0.6) is 0 Å². The van der Waals surface area contributed by atoms with Crippen LogP contribution < -0.4 is 0 Å². The number of pyridine rings is 2. The highest BCUT2D eigenvalue weighted by molar-refractivity contribution is 5.79. The maximum Gasteiger partial charge on any atom is 0.227 e. The largest absolute Gasteiger partial charge is 0.342 e. The van der Waals surface area contributed by atoms with Crippen molar-refractivity contribution in [2.24, 2.45) is 0 Å². The number of nitrogens with zero attached hydrogens (tertiary/aromatic N) is 5. The maximum absolute atomic E-state index is 12.9. The summed E-state index contributed by atoms with van der Waals surface area (Å²) in [6, 6.07) is 16.1. The van der Waals surface area contributed by atoms with Crippen LogP contribution in [-0.2, 0) is 11.2 Å². The number of carbonyl (C=O) groups excluding carboxylic acids is 1. The Morgan fingerprint density at radius 3 is 2.74 bits per heavy atom. The zero-order valence-corrected chi connectivity index (χ0v) is 17.6. The van der Waals surface area contributed by atoms with E-state index in [1.165, 1.54) is 0 Å². The van der Waals surface area contributed by atoms with Gasteiger partial charge in [-0.25, -0.2) is 9.50 Å². The lowest BCUT2D eigenvalue weighted by Crippen LogP contribution is -2.40. The summed E-state index contributed by atoms with van der Waals surface area (Å²) in [5, 5.41) is 4.77. The Balaban J connectivity index is 1.34. The van der Waals surface area contributed by atoms with E-state index in [1.807, 2.05) is 52.0 Å². The van der Waals surface area contributed by atoms with E-state index in [4.69, 9.17) is 10.1 Å². The van der Waals surface area contributed by atoms with Gasteiger partial charge in [0.05, 0.1) is 6.42 Å². The average Bonchev–Trinajstić information content (AvgIpc) is 3.25. The van der Waals surface area contributed by atoms with Gasteiger partial charge in [-0.2, -0.15) is 5.10 Å². The van der Waals surface area contributed by atoms with Gasteiger partial charge >= 0.3 is 0 Å². The Bertz CT molecular complexity index is 1220. The minimum absolute atomic E-state index is 0.166. The Morgan fingerprint density at radius 2 is 1.90 bits per heavy atom. The lowest BCUT2D eigenvalue weighted by molar-refractivity contribution is -0.131. The van der Waals surface area contributed by atoms with Crippen LogP contribution in [0.15, 0.2) is 67.1 Å². The van der Waals surface area contributed by atoms with E-state index in [-0.39, 0.29) is 11.8 Å². The fraction of sp³-hybridized carbons (Fsp3) is 0.280. The zero-order chi connectivity index (χ0) is 21.2. The summed E-state index contributed by atoms with van der Waals surface area (Å²) in [5.74, 6) is 1.17. The van der Waals surface area contributed by atoms with E-state index >= 15 is 0 Å². The highest BCUT2D eigenvalue weighted by Gasteiger charge is 2.27. The molecule has 1 fully saturated rings. The molecule has 0 saturated carbocycles. The summed E-state index contributed by atoms with van der Waals surface area (Å²) < 4.78 is 1.85. The summed E-state index contributed by atoms with van der Waals surface area (Å²) in [4.78, 5) is 23.8. The van der Waals surface area contributed by atoms with E-state index in [0.717, 1.165) is 53.1 Å². The molecule has 5 rings (SSSR count). The number of aromatic nitrogens is 4. The van der Waals surface area contributed by atoms with Gasteiger partial charge in [-0.05, 0) is 60.7 Å². The van der Waals surface area contributed by atoms with Gasteiger partial charge in [0.25, 0.3) is 0 Å². The van der Waals surface area contributed by atoms with Crippen molar-refractivity contribution in [1.82, 2.24) is 24.5 Å². The maximum atomic E-state index is 12.9. The second-order valence-electron chi connectivity index (χ2n) is 8.21. The van der Waals surface area contributed by atoms with Crippen molar-refractivity contribution in [3.63, 3.8) is 0 Å². The van der Waals surface area contributed by atoms with E-state index in [9.17, 15) is 4.79 Å². The fourth-order valence-electron chi connectivity index (χ4n) is 4.29. The molecule has 4 heterocycles. The Hall–Kier alpha value is -3.54. The Labute approximate surface area is 181 Å². The molecular formula is C25H25N5O. The Morgan fingerprint density at radius 1 is 1.06 bits per heavy atom. The van der Waals surface area contributed by atoms with Crippen molar-refractivity contribution in [1.29, 1.82) is 0 Å². The van der Waals surface area contributed by atoms with Crippen molar-refractivity contribution in [3.8, 4) is 11.1 Å². The number of fused-ring (bicyclic) bond motifs is 1. The molecule has 0 aliphatic carbocycles. The number of hydrogen-bond acceptors (Lipinski definition) is 4. The molecule has 0 N–H and O–H groups in total. The smallest absolute Gasteiger partial charge is 0.227 e. The number of carbonyl (C=O) groups is 1. The summed E-state index contributed by atoms with van der Waals surface area (Å²) in [7, 11) is 0. The first-order chi connectivity index (χ1) is 15.2. The van der Waals surface area contributed by atoms with Crippen LogP contribution in [-0.4, -0.2) is 43.5 Å². The summed E-state index contributed by atoms with van der Waals surface area (Å²) in [5.41, 5.74) is 5.27.